The van der Waals surface area contributed by atoms with Gasteiger partial charge >= 0.3 is 0 Å². The topological polar surface area (TPSA) is 48.6 Å². The summed E-state index contributed by atoms with van der Waals surface area (Å²) >= 11 is 0. The SMILES string of the molecule is CCN1CCC(NC(CCO)c2ccco2)C(C)C1. The molecule has 0 aliphatic carbocycles. The van der Waals surface area contributed by atoms with Crippen LogP contribution in [-0.2, 0) is 0 Å². The number of piperidine rings is 1. The molecule has 2 heterocycles. The van der Waals surface area contributed by atoms with Gasteiger partial charge in [-0.1, -0.05) is 13.8 Å². The maximum Gasteiger partial charge on any atom is 0.120 e. The zero-order valence-corrected chi connectivity index (χ0v) is 12.0. The highest BCUT2D eigenvalue weighted by Crippen LogP contribution is 2.23. The molecule has 0 aromatic carbocycles. The molecule has 3 unspecified atom stereocenters. The lowest BCUT2D eigenvalue weighted by Crippen LogP contribution is -2.49. The van der Waals surface area contributed by atoms with Gasteiger partial charge in [0.05, 0.1) is 12.3 Å². The Hall–Kier alpha value is -0.840. The predicted molar refractivity (Wildman–Crippen MR) is 76.0 cm³/mol. The number of furan rings is 1. The van der Waals surface area contributed by atoms with Crippen LogP contribution in [0.15, 0.2) is 22.8 Å². The number of likely N-dealkylation sites (tertiary alicyclic amines) is 1. The summed E-state index contributed by atoms with van der Waals surface area (Å²) in [5, 5.41) is 12.9. The number of hydrogen-bond donors (Lipinski definition) is 2. The van der Waals surface area contributed by atoms with Crippen molar-refractivity contribution in [1.82, 2.24) is 10.2 Å². The van der Waals surface area contributed by atoms with Crippen molar-refractivity contribution in [2.75, 3.05) is 26.2 Å². The first kappa shape index (κ1) is 14.6. The minimum atomic E-state index is 0.126. The summed E-state index contributed by atoms with van der Waals surface area (Å²) in [7, 11) is 0. The molecular weight excluding hydrogens is 240 g/mol. The summed E-state index contributed by atoms with van der Waals surface area (Å²) < 4.78 is 5.48. The molecule has 1 aromatic heterocycles. The number of rotatable bonds is 6. The fraction of sp³-hybridized carbons (Fsp3) is 0.733. The van der Waals surface area contributed by atoms with Gasteiger partial charge in [-0.15, -0.1) is 0 Å². The van der Waals surface area contributed by atoms with Crippen LogP contribution in [0.4, 0.5) is 0 Å². The normalized spacial score (nSPS) is 26.5. The summed E-state index contributed by atoms with van der Waals surface area (Å²) in [6.07, 6.45) is 3.57. The van der Waals surface area contributed by atoms with Crippen LogP contribution in [0.5, 0.6) is 0 Å². The number of nitrogens with zero attached hydrogens (tertiary/aromatic N) is 1. The van der Waals surface area contributed by atoms with Crippen LogP contribution in [0.1, 0.15) is 38.5 Å². The summed E-state index contributed by atoms with van der Waals surface area (Å²) in [4.78, 5) is 2.50. The molecule has 0 radical (unpaired) electrons. The van der Waals surface area contributed by atoms with Crippen molar-refractivity contribution in [3.8, 4) is 0 Å². The van der Waals surface area contributed by atoms with Crippen LogP contribution in [0.25, 0.3) is 0 Å². The summed E-state index contributed by atoms with van der Waals surface area (Å²) in [5.74, 6) is 1.56. The Bertz CT molecular complexity index is 353. The van der Waals surface area contributed by atoms with Crippen molar-refractivity contribution in [1.29, 1.82) is 0 Å². The van der Waals surface area contributed by atoms with Gasteiger partial charge in [0, 0.05) is 19.2 Å². The average molecular weight is 266 g/mol. The largest absolute Gasteiger partial charge is 0.468 e. The van der Waals surface area contributed by atoms with Crippen molar-refractivity contribution >= 4 is 0 Å². The van der Waals surface area contributed by atoms with Crippen LogP contribution in [-0.4, -0.2) is 42.3 Å². The summed E-state index contributed by atoms with van der Waals surface area (Å²) in [6, 6.07) is 4.52. The molecule has 1 fully saturated rings. The summed E-state index contributed by atoms with van der Waals surface area (Å²) in [5.41, 5.74) is 0. The Labute approximate surface area is 115 Å². The third-order valence-corrected chi connectivity index (χ3v) is 4.16. The van der Waals surface area contributed by atoms with E-state index in [4.69, 9.17) is 4.42 Å². The Balaban J connectivity index is 1.94. The number of aliphatic hydroxyl groups is 1. The quantitative estimate of drug-likeness (QED) is 0.827. The number of hydrogen-bond acceptors (Lipinski definition) is 4. The van der Waals surface area contributed by atoms with Gasteiger partial charge in [-0.25, -0.2) is 0 Å². The Kier molecular flexibility index (Phi) is 5.43. The standard InChI is InChI=1S/C15H26N2O2/c1-3-17-8-6-13(12(2)11-17)16-14(7-9-18)15-5-4-10-19-15/h4-5,10,12-14,16,18H,3,6-9,11H2,1-2H3. The van der Waals surface area contributed by atoms with E-state index in [1.807, 2.05) is 12.1 Å². The Morgan fingerprint density at radius 3 is 3.00 bits per heavy atom. The summed E-state index contributed by atoms with van der Waals surface area (Å²) in [6.45, 7) is 8.14. The van der Waals surface area contributed by atoms with E-state index in [2.05, 4.69) is 24.1 Å². The lowest BCUT2D eigenvalue weighted by atomic mass is 9.92. The minimum Gasteiger partial charge on any atom is -0.468 e. The average Bonchev–Trinajstić information content (AvgIpc) is 2.94. The minimum absolute atomic E-state index is 0.126. The Morgan fingerprint density at radius 1 is 1.58 bits per heavy atom. The molecule has 3 atom stereocenters. The molecule has 2 N–H and O–H groups in total. The van der Waals surface area contributed by atoms with Crippen LogP contribution < -0.4 is 5.32 Å². The third kappa shape index (κ3) is 3.81. The lowest BCUT2D eigenvalue weighted by molar-refractivity contribution is 0.137. The van der Waals surface area contributed by atoms with Gasteiger partial charge in [0.25, 0.3) is 0 Å². The van der Waals surface area contributed by atoms with E-state index in [1.54, 1.807) is 6.26 Å². The molecule has 0 spiro atoms. The van der Waals surface area contributed by atoms with Gasteiger partial charge in [-0.3, -0.25) is 0 Å². The van der Waals surface area contributed by atoms with Crippen molar-refractivity contribution < 1.29 is 9.52 Å². The second-order valence-corrected chi connectivity index (χ2v) is 5.51. The van der Waals surface area contributed by atoms with Crippen LogP contribution in [0, 0.1) is 5.92 Å². The van der Waals surface area contributed by atoms with Crippen LogP contribution >= 0.6 is 0 Å². The molecule has 1 aliphatic heterocycles. The highest BCUT2D eigenvalue weighted by Gasteiger charge is 2.28. The molecule has 0 amide bonds. The van der Waals surface area contributed by atoms with Crippen LogP contribution in [0.2, 0.25) is 0 Å². The second-order valence-electron chi connectivity index (χ2n) is 5.51. The predicted octanol–water partition coefficient (Wildman–Crippen LogP) is 2.02. The molecule has 0 saturated carbocycles. The van der Waals surface area contributed by atoms with Crippen LogP contribution in [0.3, 0.4) is 0 Å². The fourth-order valence-electron chi connectivity index (χ4n) is 2.95. The molecule has 4 heteroatoms. The lowest BCUT2D eigenvalue weighted by Gasteiger charge is -2.38. The second kappa shape index (κ2) is 7.08. The van der Waals surface area contributed by atoms with E-state index >= 15 is 0 Å². The van der Waals surface area contributed by atoms with Crippen molar-refractivity contribution in [3.05, 3.63) is 24.2 Å². The monoisotopic (exact) mass is 266 g/mol. The van der Waals surface area contributed by atoms with Gasteiger partial charge in [-0.05, 0) is 44.0 Å². The molecule has 1 saturated heterocycles. The van der Waals surface area contributed by atoms with E-state index in [0.717, 1.165) is 31.8 Å². The molecule has 4 nitrogen and oxygen atoms in total. The first-order valence-electron chi connectivity index (χ1n) is 7.37. The highest BCUT2D eigenvalue weighted by atomic mass is 16.3. The maximum absolute atomic E-state index is 9.22. The smallest absolute Gasteiger partial charge is 0.120 e. The highest BCUT2D eigenvalue weighted by molar-refractivity contribution is 5.05. The zero-order valence-electron chi connectivity index (χ0n) is 12.0. The molecule has 1 aliphatic rings. The van der Waals surface area contributed by atoms with Gasteiger partial charge < -0.3 is 19.7 Å². The van der Waals surface area contributed by atoms with Gasteiger partial charge in [0.15, 0.2) is 0 Å². The van der Waals surface area contributed by atoms with Crippen molar-refractivity contribution in [2.45, 2.75) is 38.8 Å². The van der Waals surface area contributed by atoms with Gasteiger partial charge in [0.2, 0.25) is 0 Å². The van der Waals surface area contributed by atoms with E-state index in [1.165, 1.54) is 0 Å². The van der Waals surface area contributed by atoms with E-state index in [-0.39, 0.29) is 12.6 Å². The fourth-order valence-corrected chi connectivity index (χ4v) is 2.95. The molecule has 19 heavy (non-hydrogen) atoms. The molecule has 108 valence electrons. The van der Waals surface area contributed by atoms with Gasteiger partial charge in [0.1, 0.15) is 5.76 Å². The first-order chi connectivity index (χ1) is 9.24. The van der Waals surface area contributed by atoms with Crippen molar-refractivity contribution in [3.63, 3.8) is 0 Å². The van der Waals surface area contributed by atoms with Gasteiger partial charge in [-0.2, -0.15) is 0 Å². The maximum atomic E-state index is 9.22. The van der Waals surface area contributed by atoms with E-state index in [9.17, 15) is 5.11 Å². The number of nitrogens with one attached hydrogen (secondary N) is 1. The Morgan fingerprint density at radius 2 is 2.42 bits per heavy atom. The molecule has 1 aromatic rings. The zero-order chi connectivity index (χ0) is 13.7. The molecule has 2 rings (SSSR count). The van der Waals surface area contributed by atoms with E-state index < -0.39 is 0 Å². The number of aliphatic hydroxyl groups excluding tert-OH is 1. The third-order valence-electron chi connectivity index (χ3n) is 4.16. The van der Waals surface area contributed by atoms with E-state index in [0.29, 0.717) is 18.4 Å². The first-order valence-corrected chi connectivity index (χ1v) is 7.37. The molecule has 0 bridgehead atoms. The molecular formula is C15H26N2O2. The van der Waals surface area contributed by atoms with Crippen molar-refractivity contribution in [2.24, 2.45) is 5.92 Å².